The van der Waals surface area contributed by atoms with E-state index in [-0.39, 0.29) is 53.5 Å². The standard InChI is InChI=1S/C26H40N2O5/c1-17(25(31)27-14-15-32-4)20-10-12-26(3)13-11-21(18(2)23(26)24(20)30)28-22(29)16-33-19-8-6-5-7-9-19/h5-9,17-18,20-21,23-24,30H,10-16H2,1-4H3,(H,27,31)(H,28,29)/t17-,18-,20-,21-,23+,24-,26+/m0/s1. The first kappa shape index (κ1) is 25.5. The van der Waals surface area contributed by atoms with Crippen LogP contribution in [0.2, 0.25) is 0 Å². The number of benzene rings is 1. The van der Waals surface area contributed by atoms with Crippen LogP contribution in [-0.4, -0.2) is 55.9 Å². The quantitative estimate of drug-likeness (QED) is 0.493. The highest BCUT2D eigenvalue weighted by Gasteiger charge is 2.53. The van der Waals surface area contributed by atoms with E-state index in [1.54, 1.807) is 7.11 Å². The summed E-state index contributed by atoms with van der Waals surface area (Å²) in [7, 11) is 1.61. The van der Waals surface area contributed by atoms with E-state index in [0.717, 1.165) is 25.7 Å². The number of hydrogen-bond donors (Lipinski definition) is 3. The maximum absolute atomic E-state index is 12.6. The van der Waals surface area contributed by atoms with Crippen LogP contribution in [0.1, 0.15) is 46.5 Å². The predicted molar refractivity (Wildman–Crippen MR) is 127 cm³/mol. The number of rotatable bonds is 9. The molecule has 2 saturated carbocycles. The van der Waals surface area contributed by atoms with Gasteiger partial charge in [0.2, 0.25) is 5.91 Å². The zero-order valence-corrected chi connectivity index (χ0v) is 20.4. The lowest BCUT2D eigenvalue weighted by Crippen LogP contribution is -2.59. The van der Waals surface area contributed by atoms with Crippen molar-refractivity contribution >= 4 is 11.8 Å². The highest BCUT2D eigenvalue weighted by Crippen LogP contribution is 2.55. The fourth-order valence-electron chi connectivity index (χ4n) is 6.04. The van der Waals surface area contributed by atoms with Crippen molar-refractivity contribution in [3.8, 4) is 5.75 Å². The first-order valence-electron chi connectivity index (χ1n) is 12.2. The number of aliphatic hydroxyl groups excluding tert-OH is 1. The molecule has 3 rings (SSSR count). The van der Waals surface area contributed by atoms with Gasteiger partial charge in [0.05, 0.1) is 12.7 Å². The van der Waals surface area contributed by atoms with Crippen LogP contribution < -0.4 is 15.4 Å². The van der Waals surface area contributed by atoms with Gasteiger partial charge in [-0.05, 0) is 61.0 Å². The van der Waals surface area contributed by atoms with Crippen molar-refractivity contribution in [2.45, 2.75) is 58.6 Å². The summed E-state index contributed by atoms with van der Waals surface area (Å²) in [5.41, 5.74) is 0.0172. The number of carbonyl (C=O) groups is 2. The Morgan fingerprint density at radius 1 is 1.21 bits per heavy atom. The molecule has 2 aliphatic carbocycles. The molecule has 3 N–H and O–H groups in total. The highest BCUT2D eigenvalue weighted by atomic mass is 16.5. The van der Waals surface area contributed by atoms with Gasteiger partial charge in [-0.15, -0.1) is 0 Å². The molecule has 0 saturated heterocycles. The lowest BCUT2D eigenvalue weighted by Gasteiger charge is -2.56. The summed E-state index contributed by atoms with van der Waals surface area (Å²) in [6.45, 7) is 7.21. The molecular weight excluding hydrogens is 420 g/mol. The fraction of sp³-hybridized carbons (Fsp3) is 0.692. The predicted octanol–water partition coefficient (Wildman–Crippen LogP) is 2.77. The van der Waals surface area contributed by atoms with Gasteiger partial charge in [0.25, 0.3) is 5.91 Å². The molecule has 0 spiro atoms. The summed E-state index contributed by atoms with van der Waals surface area (Å²) < 4.78 is 10.6. The van der Waals surface area contributed by atoms with E-state index in [0.29, 0.717) is 18.9 Å². The molecule has 0 unspecified atom stereocenters. The molecule has 2 aliphatic rings. The number of aliphatic hydroxyl groups is 1. The minimum atomic E-state index is -0.581. The minimum Gasteiger partial charge on any atom is -0.484 e. The molecule has 2 fully saturated rings. The second-order valence-corrected chi connectivity index (χ2v) is 10.1. The third kappa shape index (κ3) is 6.07. The van der Waals surface area contributed by atoms with E-state index in [2.05, 4.69) is 24.5 Å². The largest absolute Gasteiger partial charge is 0.484 e. The van der Waals surface area contributed by atoms with E-state index >= 15 is 0 Å². The fourth-order valence-corrected chi connectivity index (χ4v) is 6.04. The lowest BCUT2D eigenvalue weighted by atomic mass is 9.51. The number of carbonyl (C=O) groups excluding carboxylic acids is 2. The summed E-state index contributed by atoms with van der Waals surface area (Å²) in [5, 5.41) is 17.5. The molecular formula is C26H40N2O5. The zero-order valence-electron chi connectivity index (χ0n) is 20.4. The zero-order chi connectivity index (χ0) is 24.0. The SMILES string of the molecule is COCCNC(=O)[C@@H](C)[C@@H]1CC[C@]2(C)CC[C@H](NC(=O)COc3ccccc3)[C@H](C)[C@@H]2[C@H]1O. The van der Waals surface area contributed by atoms with Crippen LogP contribution in [0, 0.1) is 29.1 Å². The molecule has 1 aromatic carbocycles. The Morgan fingerprint density at radius 3 is 2.61 bits per heavy atom. The average molecular weight is 461 g/mol. The molecule has 0 aromatic heterocycles. The summed E-state index contributed by atoms with van der Waals surface area (Å²) in [6, 6.07) is 9.28. The minimum absolute atomic E-state index is 0.0172. The Balaban J connectivity index is 1.61. The van der Waals surface area contributed by atoms with Gasteiger partial charge in [-0.2, -0.15) is 0 Å². The lowest BCUT2D eigenvalue weighted by molar-refractivity contribution is -0.144. The smallest absolute Gasteiger partial charge is 0.258 e. The van der Waals surface area contributed by atoms with Crippen LogP contribution >= 0.6 is 0 Å². The van der Waals surface area contributed by atoms with Crippen molar-refractivity contribution in [3.05, 3.63) is 30.3 Å². The Morgan fingerprint density at radius 2 is 1.91 bits per heavy atom. The second-order valence-electron chi connectivity index (χ2n) is 10.1. The van der Waals surface area contributed by atoms with Gasteiger partial charge in [0.15, 0.2) is 6.61 Å². The third-order valence-electron chi connectivity index (χ3n) is 8.01. The van der Waals surface area contributed by atoms with Crippen LogP contribution in [0.25, 0.3) is 0 Å². The van der Waals surface area contributed by atoms with Crippen LogP contribution in [0.5, 0.6) is 5.75 Å². The monoisotopic (exact) mass is 460 g/mol. The van der Waals surface area contributed by atoms with Gasteiger partial charge >= 0.3 is 0 Å². The van der Waals surface area contributed by atoms with Gasteiger partial charge in [0, 0.05) is 25.6 Å². The van der Waals surface area contributed by atoms with Gasteiger partial charge in [-0.1, -0.05) is 39.0 Å². The molecule has 0 radical (unpaired) electrons. The van der Waals surface area contributed by atoms with E-state index in [4.69, 9.17) is 9.47 Å². The summed E-state index contributed by atoms with van der Waals surface area (Å²) in [4.78, 5) is 25.2. The molecule has 0 heterocycles. The van der Waals surface area contributed by atoms with Crippen LogP contribution in [0.15, 0.2) is 30.3 Å². The molecule has 33 heavy (non-hydrogen) atoms. The Bertz CT molecular complexity index is 788. The van der Waals surface area contributed by atoms with Crippen molar-refractivity contribution in [2.75, 3.05) is 26.9 Å². The number of para-hydroxylation sites is 1. The summed E-state index contributed by atoms with van der Waals surface area (Å²) >= 11 is 0. The average Bonchev–Trinajstić information content (AvgIpc) is 2.80. The van der Waals surface area contributed by atoms with Crippen LogP contribution in [-0.2, 0) is 14.3 Å². The van der Waals surface area contributed by atoms with Crippen LogP contribution in [0.3, 0.4) is 0 Å². The Kier molecular flexibility index (Phi) is 8.76. The molecule has 184 valence electrons. The Labute approximate surface area is 197 Å². The van der Waals surface area contributed by atoms with Crippen molar-refractivity contribution in [1.82, 2.24) is 10.6 Å². The van der Waals surface area contributed by atoms with Gasteiger partial charge in [-0.25, -0.2) is 0 Å². The molecule has 0 bridgehead atoms. The van der Waals surface area contributed by atoms with Crippen molar-refractivity contribution in [1.29, 1.82) is 0 Å². The van der Waals surface area contributed by atoms with Gasteiger partial charge in [0.1, 0.15) is 5.75 Å². The topological polar surface area (TPSA) is 96.9 Å². The third-order valence-corrected chi connectivity index (χ3v) is 8.01. The number of amides is 2. The van der Waals surface area contributed by atoms with E-state index in [9.17, 15) is 14.7 Å². The Hall–Kier alpha value is -2.12. The molecule has 7 atom stereocenters. The van der Waals surface area contributed by atoms with E-state index in [1.165, 1.54) is 0 Å². The second kappa shape index (κ2) is 11.3. The van der Waals surface area contributed by atoms with Crippen LogP contribution in [0.4, 0.5) is 0 Å². The summed E-state index contributed by atoms with van der Waals surface area (Å²) in [5.74, 6) is 0.246. The van der Waals surface area contributed by atoms with E-state index < -0.39 is 6.10 Å². The maximum Gasteiger partial charge on any atom is 0.258 e. The molecule has 7 nitrogen and oxygen atoms in total. The normalized spacial score (nSPS) is 32.3. The summed E-state index contributed by atoms with van der Waals surface area (Å²) in [6.07, 6.45) is 3.07. The first-order chi connectivity index (χ1) is 15.8. The van der Waals surface area contributed by atoms with E-state index in [1.807, 2.05) is 37.3 Å². The van der Waals surface area contributed by atoms with Crippen molar-refractivity contribution in [3.63, 3.8) is 0 Å². The molecule has 2 amide bonds. The highest BCUT2D eigenvalue weighted by molar-refractivity contribution is 5.79. The van der Waals surface area contributed by atoms with Crippen molar-refractivity contribution in [2.24, 2.45) is 29.1 Å². The van der Waals surface area contributed by atoms with Gasteiger partial charge in [-0.3, -0.25) is 9.59 Å². The number of methoxy groups -OCH3 is 1. The number of hydrogen-bond acceptors (Lipinski definition) is 5. The number of ether oxygens (including phenoxy) is 2. The maximum atomic E-state index is 12.6. The molecule has 1 aromatic rings. The molecule has 0 aliphatic heterocycles. The number of nitrogens with one attached hydrogen (secondary N) is 2. The number of fused-ring (bicyclic) bond motifs is 1. The molecule has 7 heteroatoms. The van der Waals surface area contributed by atoms with Crippen molar-refractivity contribution < 1.29 is 24.2 Å². The first-order valence-corrected chi connectivity index (χ1v) is 12.2. The van der Waals surface area contributed by atoms with Gasteiger partial charge < -0.3 is 25.2 Å².